The molecule has 0 aliphatic carbocycles. The van der Waals surface area contributed by atoms with E-state index in [1.165, 1.54) is 0 Å². The molecule has 0 spiro atoms. The van der Waals surface area contributed by atoms with Crippen molar-refractivity contribution in [2.24, 2.45) is 0 Å². The van der Waals surface area contributed by atoms with E-state index in [-0.39, 0.29) is 5.41 Å². The number of nitrogens with one attached hydrogen (secondary N) is 1. The van der Waals surface area contributed by atoms with E-state index in [4.69, 9.17) is 11.6 Å². The van der Waals surface area contributed by atoms with Gasteiger partial charge < -0.3 is 0 Å². The molecule has 0 unspecified atom stereocenters. The number of aromatic nitrogens is 2. The Hall–Kier alpha value is -0.500. The number of halogens is 1. The molecule has 0 atom stereocenters. The molecule has 3 heteroatoms. The molecule has 1 aromatic heterocycles. The van der Waals surface area contributed by atoms with E-state index >= 15 is 0 Å². The van der Waals surface area contributed by atoms with Gasteiger partial charge in [-0.25, -0.2) is 0 Å². The fourth-order valence-electron chi connectivity index (χ4n) is 0.737. The maximum Gasteiger partial charge on any atom is 0.155 e. The van der Waals surface area contributed by atoms with Crippen LogP contribution in [0, 0.1) is 6.20 Å². The van der Waals surface area contributed by atoms with Crippen LogP contribution in [0.1, 0.15) is 26.3 Å². The van der Waals surface area contributed by atoms with E-state index in [2.05, 4.69) is 37.2 Å². The summed E-state index contributed by atoms with van der Waals surface area (Å²) in [5.41, 5.74) is 0.971. The van der Waals surface area contributed by atoms with Crippen molar-refractivity contribution >= 4 is 11.6 Å². The lowest BCUT2D eigenvalue weighted by atomic mass is 9.90. The second-order valence-electron chi connectivity index (χ2n) is 3.26. The third-order valence-corrected chi connectivity index (χ3v) is 1.56. The number of nitrogens with zero attached hydrogens (tertiary/aromatic N) is 1. The van der Waals surface area contributed by atoms with Crippen LogP contribution in [0.4, 0.5) is 0 Å². The Morgan fingerprint density at radius 2 is 2.10 bits per heavy atom. The van der Waals surface area contributed by atoms with Gasteiger partial charge in [-0.2, -0.15) is 5.10 Å². The topological polar surface area (TPSA) is 28.7 Å². The highest BCUT2D eigenvalue weighted by Crippen LogP contribution is 2.26. The zero-order chi connectivity index (χ0) is 7.78. The summed E-state index contributed by atoms with van der Waals surface area (Å²) in [7, 11) is 0. The molecule has 55 valence electrons. The number of aromatic amines is 1. The van der Waals surface area contributed by atoms with Crippen LogP contribution >= 0.6 is 11.6 Å². The average molecular weight is 158 g/mol. The van der Waals surface area contributed by atoms with Crippen molar-refractivity contribution in [1.29, 1.82) is 0 Å². The van der Waals surface area contributed by atoms with Gasteiger partial charge in [0.25, 0.3) is 0 Å². The molecule has 0 aliphatic heterocycles. The summed E-state index contributed by atoms with van der Waals surface area (Å²) in [6.45, 7) is 6.21. The third kappa shape index (κ3) is 1.32. The maximum absolute atomic E-state index is 5.75. The van der Waals surface area contributed by atoms with Crippen molar-refractivity contribution in [3.63, 3.8) is 0 Å². The first-order chi connectivity index (χ1) is 4.52. The lowest BCUT2D eigenvalue weighted by Crippen LogP contribution is -2.10. The molecule has 1 rings (SSSR count). The highest BCUT2D eigenvalue weighted by atomic mass is 35.5. The zero-order valence-electron chi connectivity index (χ0n) is 6.33. The first-order valence-corrected chi connectivity index (χ1v) is 3.51. The zero-order valence-corrected chi connectivity index (χ0v) is 7.08. The Bertz CT molecular complexity index is 222. The van der Waals surface area contributed by atoms with Crippen LogP contribution in [0.3, 0.4) is 0 Å². The standard InChI is InChI=1S/C7H10ClN2/c1-7(2,3)5-4-9-10-6(5)8/h1-3H3,(H,9,10). The predicted molar refractivity (Wildman–Crippen MR) is 41.1 cm³/mol. The van der Waals surface area contributed by atoms with E-state index in [0.29, 0.717) is 5.15 Å². The molecule has 10 heavy (non-hydrogen) atoms. The van der Waals surface area contributed by atoms with Crippen LogP contribution in [0.15, 0.2) is 0 Å². The summed E-state index contributed by atoms with van der Waals surface area (Å²) < 4.78 is 0. The second-order valence-corrected chi connectivity index (χ2v) is 3.62. The summed E-state index contributed by atoms with van der Waals surface area (Å²) in [6, 6.07) is 0. The van der Waals surface area contributed by atoms with Gasteiger partial charge in [-0.15, -0.1) is 0 Å². The maximum atomic E-state index is 5.75. The molecular formula is C7H10ClN2. The van der Waals surface area contributed by atoms with Crippen LogP contribution in [0.5, 0.6) is 0 Å². The molecule has 0 amide bonds. The van der Waals surface area contributed by atoms with Gasteiger partial charge in [-0.05, 0) is 5.41 Å². The van der Waals surface area contributed by atoms with Crippen molar-refractivity contribution in [1.82, 2.24) is 10.2 Å². The Morgan fingerprint density at radius 1 is 1.50 bits per heavy atom. The Labute approximate surface area is 65.6 Å². The SMILES string of the molecule is CC(C)(C)c1[c][nH]nc1Cl. The fraction of sp³-hybridized carbons (Fsp3) is 0.571. The summed E-state index contributed by atoms with van der Waals surface area (Å²) in [5.74, 6) is 0. The third-order valence-electron chi connectivity index (χ3n) is 1.29. The highest BCUT2D eigenvalue weighted by molar-refractivity contribution is 6.30. The first kappa shape index (κ1) is 7.61. The van der Waals surface area contributed by atoms with Crippen LogP contribution in [0.2, 0.25) is 5.15 Å². The van der Waals surface area contributed by atoms with Gasteiger partial charge in [-0.3, -0.25) is 5.10 Å². The summed E-state index contributed by atoms with van der Waals surface area (Å²) in [6.07, 6.45) is 2.88. The van der Waals surface area contributed by atoms with Gasteiger partial charge in [0.1, 0.15) is 0 Å². The van der Waals surface area contributed by atoms with Crippen LogP contribution in [-0.2, 0) is 5.41 Å². The van der Waals surface area contributed by atoms with Crippen molar-refractivity contribution in [2.45, 2.75) is 26.2 Å². The normalized spacial score (nSPS) is 12.0. The number of H-pyrrole nitrogens is 1. The van der Waals surface area contributed by atoms with E-state index in [1.807, 2.05) is 0 Å². The minimum absolute atomic E-state index is 0.0318. The Morgan fingerprint density at radius 3 is 2.30 bits per heavy atom. The van der Waals surface area contributed by atoms with Gasteiger partial charge in [-0.1, -0.05) is 32.4 Å². The van der Waals surface area contributed by atoms with Crippen molar-refractivity contribution in [3.8, 4) is 0 Å². The second kappa shape index (κ2) is 2.27. The number of hydrogen-bond acceptors (Lipinski definition) is 1. The van der Waals surface area contributed by atoms with Gasteiger partial charge >= 0.3 is 0 Å². The largest absolute Gasteiger partial charge is 0.274 e. The lowest BCUT2D eigenvalue weighted by Gasteiger charge is -2.15. The smallest absolute Gasteiger partial charge is 0.155 e. The average Bonchev–Trinajstić information content (AvgIpc) is 2.11. The van der Waals surface area contributed by atoms with Crippen LogP contribution < -0.4 is 0 Å². The Balaban J connectivity index is 3.05. The minimum Gasteiger partial charge on any atom is -0.274 e. The van der Waals surface area contributed by atoms with Crippen LogP contribution in [0.25, 0.3) is 0 Å². The molecule has 1 aromatic rings. The molecule has 0 aliphatic rings. The minimum atomic E-state index is 0.0318. The van der Waals surface area contributed by atoms with E-state index in [9.17, 15) is 0 Å². The molecule has 1 heterocycles. The van der Waals surface area contributed by atoms with Crippen LogP contribution in [-0.4, -0.2) is 10.2 Å². The molecule has 0 saturated heterocycles. The van der Waals surface area contributed by atoms with Crippen molar-refractivity contribution in [2.75, 3.05) is 0 Å². The molecule has 0 aromatic carbocycles. The van der Waals surface area contributed by atoms with E-state index < -0.39 is 0 Å². The summed E-state index contributed by atoms with van der Waals surface area (Å²) in [5, 5.41) is 6.89. The number of rotatable bonds is 0. The number of hydrogen-bond donors (Lipinski definition) is 1. The van der Waals surface area contributed by atoms with Crippen molar-refractivity contribution in [3.05, 3.63) is 16.9 Å². The van der Waals surface area contributed by atoms with Gasteiger partial charge in [0.15, 0.2) is 5.15 Å². The fourth-order valence-corrected chi connectivity index (χ4v) is 1.11. The quantitative estimate of drug-likeness (QED) is 0.615. The van der Waals surface area contributed by atoms with Gasteiger partial charge in [0.2, 0.25) is 0 Å². The Kier molecular flexibility index (Phi) is 1.73. The summed E-state index contributed by atoms with van der Waals surface area (Å²) in [4.78, 5) is 0. The van der Waals surface area contributed by atoms with Crippen molar-refractivity contribution < 1.29 is 0 Å². The molecular weight excluding hydrogens is 148 g/mol. The monoisotopic (exact) mass is 157 g/mol. The first-order valence-electron chi connectivity index (χ1n) is 3.14. The molecule has 0 bridgehead atoms. The molecule has 0 saturated carbocycles. The predicted octanol–water partition coefficient (Wildman–Crippen LogP) is 2.16. The van der Waals surface area contributed by atoms with Gasteiger partial charge in [0, 0.05) is 5.56 Å². The highest BCUT2D eigenvalue weighted by Gasteiger charge is 2.18. The molecule has 1 N–H and O–H groups in total. The molecule has 1 radical (unpaired) electrons. The lowest BCUT2D eigenvalue weighted by molar-refractivity contribution is 0.590. The summed E-state index contributed by atoms with van der Waals surface area (Å²) >= 11 is 5.75. The van der Waals surface area contributed by atoms with E-state index in [0.717, 1.165) is 5.56 Å². The molecule has 2 nitrogen and oxygen atoms in total. The molecule has 0 fully saturated rings. The van der Waals surface area contributed by atoms with Gasteiger partial charge in [0.05, 0.1) is 6.20 Å². The van der Waals surface area contributed by atoms with E-state index in [1.54, 1.807) is 0 Å².